The number of rotatable bonds is 4. The van der Waals surface area contributed by atoms with Gasteiger partial charge in [-0.05, 0) is 59.9 Å². The summed E-state index contributed by atoms with van der Waals surface area (Å²) in [4.78, 5) is 44.2. The van der Waals surface area contributed by atoms with Crippen molar-refractivity contribution >= 4 is 34.1 Å². The quantitative estimate of drug-likeness (QED) is 0.348. The number of amides is 2. The zero-order valence-electron chi connectivity index (χ0n) is 20.2. The van der Waals surface area contributed by atoms with Crippen LogP contribution in [0.25, 0.3) is 0 Å². The van der Waals surface area contributed by atoms with E-state index in [1.54, 1.807) is 0 Å². The Kier molecular flexibility index (Phi) is 4.97. The molecular formula is C30H27NO4S. The highest BCUT2D eigenvalue weighted by Crippen LogP contribution is 2.62. The van der Waals surface area contributed by atoms with Crippen LogP contribution in [0.2, 0.25) is 0 Å². The van der Waals surface area contributed by atoms with Gasteiger partial charge in [-0.1, -0.05) is 55.5 Å². The van der Waals surface area contributed by atoms with Crippen LogP contribution in [-0.2, 0) is 27.2 Å². The van der Waals surface area contributed by atoms with E-state index in [-0.39, 0.29) is 23.7 Å². The van der Waals surface area contributed by atoms with Crippen molar-refractivity contribution in [2.24, 2.45) is 11.8 Å². The third-order valence-corrected chi connectivity index (χ3v) is 9.72. The van der Waals surface area contributed by atoms with Gasteiger partial charge in [0.1, 0.15) is 5.00 Å². The van der Waals surface area contributed by atoms with E-state index < -0.39 is 17.8 Å². The van der Waals surface area contributed by atoms with E-state index in [4.69, 9.17) is 4.74 Å². The first-order valence-corrected chi connectivity index (χ1v) is 13.8. The molecule has 2 aromatic carbocycles. The Balaban J connectivity index is 1.38. The van der Waals surface area contributed by atoms with Crippen LogP contribution >= 0.6 is 11.3 Å². The molecule has 8 rings (SSSR count). The number of hydrogen-bond donors (Lipinski definition) is 0. The number of aryl methyl sites for hydroxylation is 1. The average Bonchev–Trinajstić information content (AvgIpc) is 3.42. The maximum Gasteiger partial charge on any atom is 0.341 e. The highest BCUT2D eigenvalue weighted by molar-refractivity contribution is 7.17. The monoisotopic (exact) mass is 497 g/mol. The number of imide groups is 1. The van der Waals surface area contributed by atoms with Gasteiger partial charge in [0, 0.05) is 16.7 Å². The van der Waals surface area contributed by atoms with Gasteiger partial charge < -0.3 is 4.74 Å². The molecule has 1 aliphatic heterocycles. The third kappa shape index (κ3) is 2.85. The van der Waals surface area contributed by atoms with Crippen molar-refractivity contribution in [1.82, 2.24) is 0 Å². The van der Waals surface area contributed by atoms with Gasteiger partial charge >= 0.3 is 5.97 Å². The summed E-state index contributed by atoms with van der Waals surface area (Å²) in [5.74, 6) is -1.97. The molecule has 5 nitrogen and oxygen atoms in total. The van der Waals surface area contributed by atoms with Gasteiger partial charge in [-0.15, -0.1) is 11.3 Å². The fourth-order valence-electron chi connectivity index (χ4n) is 7.06. The van der Waals surface area contributed by atoms with Crippen molar-refractivity contribution in [1.29, 1.82) is 0 Å². The molecule has 1 saturated heterocycles. The largest absolute Gasteiger partial charge is 0.462 e. The van der Waals surface area contributed by atoms with Gasteiger partial charge in [-0.3, -0.25) is 9.59 Å². The molecule has 2 heterocycles. The van der Waals surface area contributed by atoms with Crippen LogP contribution in [0.1, 0.15) is 81.1 Å². The van der Waals surface area contributed by atoms with Gasteiger partial charge in [-0.25, -0.2) is 9.69 Å². The molecule has 0 radical (unpaired) electrons. The number of thiophene rings is 1. The van der Waals surface area contributed by atoms with Gasteiger partial charge in [-0.2, -0.15) is 0 Å². The number of fused-ring (bicyclic) bond motifs is 1. The van der Waals surface area contributed by atoms with E-state index >= 15 is 0 Å². The standard InChI is InChI=1S/C30H27NO4S/c1-2-15-35-30(34)24-20-13-7-8-14-21(20)36-29(24)31-27(32)25-22-16-9-3-4-10-17(16)23(26(25)28(31)33)19-12-6-5-11-18(19)22/h3-6,9-12,22-23,25-26H,2,7-8,13-15H2,1H3. The van der Waals surface area contributed by atoms with Crippen molar-refractivity contribution in [3.63, 3.8) is 0 Å². The van der Waals surface area contributed by atoms with Gasteiger partial charge in [0.05, 0.1) is 24.0 Å². The fraction of sp³-hybridized carbons (Fsp3) is 0.367. The molecule has 0 spiro atoms. The Bertz CT molecular complexity index is 1320. The van der Waals surface area contributed by atoms with Crippen LogP contribution < -0.4 is 4.90 Å². The summed E-state index contributed by atoms with van der Waals surface area (Å²) in [5, 5.41) is 0.486. The maximum atomic E-state index is 14.2. The lowest BCUT2D eigenvalue weighted by Gasteiger charge is -2.45. The number of carbonyl (C=O) groups excluding carboxylic acids is 3. The second kappa shape index (κ2) is 8.13. The SMILES string of the molecule is CCCOC(=O)c1c(N2C(=O)C3C4c5ccccc5C(c5ccccc54)C3C2=O)sc2c1CCCC2. The van der Waals surface area contributed by atoms with Crippen molar-refractivity contribution in [2.75, 3.05) is 11.5 Å². The molecule has 4 aliphatic carbocycles. The molecule has 3 aromatic rings. The van der Waals surface area contributed by atoms with E-state index in [1.165, 1.54) is 16.2 Å². The first kappa shape index (κ1) is 22.0. The molecule has 1 aromatic heterocycles. The van der Waals surface area contributed by atoms with Crippen molar-refractivity contribution in [3.05, 3.63) is 86.8 Å². The van der Waals surface area contributed by atoms with Crippen LogP contribution in [0.4, 0.5) is 5.00 Å². The summed E-state index contributed by atoms with van der Waals surface area (Å²) >= 11 is 1.45. The summed E-state index contributed by atoms with van der Waals surface area (Å²) in [7, 11) is 0. The second-order valence-corrected chi connectivity index (χ2v) is 11.4. The molecule has 36 heavy (non-hydrogen) atoms. The first-order chi connectivity index (χ1) is 17.6. The van der Waals surface area contributed by atoms with Crippen LogP contribution in [0.5, 0.6) is 0 Å². The van der Waals surface area contributed by atoms with E-state index in [0.29, 0.717) is 17.2 Å². The molecule has 0 saturated carbocycles. The first-order valence-electron chi connectivity index (χ1n) is 13.0. The fourth-order valence-corrected chi connectivity index (χ4v) is 8.45. The molecule has 1 fully saturated rings. The highest BCUT2D eigenvalue weighted by Gasteiger charge is 2.62. The highest BCUT2D eigenvalue weighted by atomic mass is 32.1. The van der Waals surface area contributed by atoms with E-state index in [9.17, 15) is 14.4 Å². The topological polar surface area (TPSA) is 63.7 Å². The Labute approximate surface area is 214 Å². The van der Waals surface area contributed by atoms with Crippen LogP contribution in [0.15, 0.2) is 48.5 Å². The number of carbonyl (C=O) groups is 3. The minimum absolute atomic E-state index is 0.154. The molecule has 5 aliphatic rings. The molecule has 182 valence electrons. The molecular weight excluding hydrogens is 470 g/mol. The Hall–Kier alpha value is -3.25. The van der Waals surface area contributed by atoms with Crippen LogP contribution in [0.3, 0.4) is 0 Å². The normalized spacial score (nSPS) is 25.3. The zero-order valence-corrected chi connectivity index (χ0v) is 21.0. The molecule has 2 amide bonds. The van der Waals surface area contributed by atoms with E-state index in [1.807, 2.05) is 31.2 Å². The van der Waals surface area contributed by atoms with E-state index in [2.05, 4.69) is 24.3 Å². The van der Waals surface area contributed by atoms with Crippen LogP contribution in [-0.4, -0.2) is 24.4 Å². The number of anilines is 1. The number of hydrogen-bond acceptors (Lipinski definition) is 5. The van der Waals surface area contributed by atoms with Gasteiger partial charge in [0.15, 0.2) is 0 Å². The lowest BCUT2D eigenvalue weighted by Crippen LogP contribution is -2.41. The summed E-state index contributed by atoms with van der Waals surface area (Å²) < 4.78 is 5.57. The maximum absolute atomic E-state index is 14.2. The number of benzene rings is 2. The zero-order chi connectivity index (χ0) is 24.6. The number of nitrogens with zero attached hydrogens (tertiary/aromatic N) is 1. The smallest absolute Gasteiger partial charge is 0.341 e. The minimum Gasteiger partial charge on any atom is -0.462 e. The Morgan fingerprint density at radius 3 is 1.94 bits per heavy atom. The molecule has 2 unspecified atom stereocenters. The summed E-state index contributed by atoms with van der Waals surface area (Å²) in [5.41, 5.74) is 6.03. The minimum atomic E-state index is -0.453. The molecule has 2 atom stereocenters. The predicted octanol–water partition coefficient (Wildman–Crippen LogP) is 5.59. The third-order valence-electron chi connectivity index (χ3n) is 8.45. The second-order valence-electron chi connectivity index (χ2n) is 10.3. The molecule has 2 bridgehead atoms. The van der Waals surface area contributed by atoms with Crippen molar-refractivity contribution < 1.29 is 19.1 Å². The Morgan fingerprint density at radius 2 is 1.42 bits per heavy atom. The summed E-state index contributed by atoms with van der Waals surface area (Å²) in [6, 6.07) is 16.5. The average molecular weight is 498 g/mol. The summed E-state index contributed by atoms with van der Waals surface area (Å²) in [6.07, 6.45) is 4.43. The number of ether oxygens (including phenoxy) is 1. The van der Waals surface area contributed by atoms with Crippen molar-refractivity contribution in [2.45, 2.75) is 50.9 Å². The molecule has 6 heteroatoms. The Morgan fingerprint density at radius 1 is 0.889 bits per heavy atom. The van der Waals surface area contributed by atoms with Crippen molar-refractivity contribution in [3.8, 4) is 0 Å². The lowest BCUT2D eigenvalue weighted by molar-refractivity contribution is -0.122. The van der Waals surface area contributed by atoms with Gasteiger partial charge in [0.2, 0.25) is 11.8 Å². The van der Waals surface area contributed by atoms with Crippen LogP contribution in [0, 0.1) is 11.8 Å². The lowest BCUT2D eigenvalue weighted by atomic mass is 9.55. The molecule has 0 N–H and O–H groups in total. The predicted molar refractivity (Wildman–Crippen MR) is 138 cm³/mol. The number of esters is 1. The summed E-state index contributed by atoms with van der Waals surface area (Å²) in [6.45, 7) is 2.28. The van der Waals surface area contributed by atoms with Gasteiger partial charge in [0.25, 0.3) is 0 Å². The van der Waals surface area contributed by atoms with E-state index in [0.717, 1.165) is 64.8 Å².